The van der Waals surface area contributed by atoms with Crippen molar-refractivity contribution in [3.63, 3.8) is 0 Å². The Bertz CT molecular complexity index is 1230. The summed E-state index contributed by atoms with van der Waals surface area (Å²) in [4.78, 5) is 12.6. The lowest BCUT2D eigenvalue weighted by Crippen LogP contribution is -2.15. The van der Waals surface area contributed by atoms with Gasteiger partial charge in [-0.1, -0.05) is 71.4 Å². The number of carbonyl (C=O) groups excluding carboxylic acids is 1. The average Bonchev–Trinajstić information content (AvgIpc) is 3.25. The van der Waals surface area contributed by atoms with E-state index in [0.717, 1.165) is 17.0 Å². The predicted molar refractivity (Wildman–Crippen MR) is 134 cm³/mol. The van der Waals surface area contributed by atoms with Crippen molar-refractivity contribution in [2.24, 2.45) is 0 Å². The molecule has 1 N–H and O–H groups in total. The number of hydrogen-bond donors (Lipinski definition) is 1. The summed E-state index contributed by atoms with van der Waals surface area (Å²) in [7, 11) is 0. The molecule has 0 fully saturated rings. The fourth-order valence-electron chi connectivity index (χ4n) is 3.15. The molecule has 9 heteroatoms. The normalized spacial score (nSPS) is 10.8. The van der Waals surface area contributed by atoms with E-state index in [9.17, 15) is 4.79 Å². The van der Waals surface area contributed by atoms with E-state index in [-0.39, 0.29) is 11.7 Å². The lowest BCUT2D eigenvalue weighted by Gasteiger charge is -2.12. The number of nitrogens with zero attached hydrogens (tertiary/aromatic N) is 3. The minimum absolute atomic E-state index is 0.103. The van der Waals surface area contributed by atoms with Gasteiger partial charge in [-0.2, -0.15) is 0 Å². The summed E-state index contributed by atoms with van der Waals surface area (Å²) in [6, 6.07) is 22.5. The number of amides is 1. The van der Waals surface area contributed by atoms with E-state index >= 15 is 0 Å². The molecule has 0 atom stereocenters. The molecule has 0 unspecified atom stereocenters. The average molecular weight is 499 g/mol. The Morgan fingerprint density at radius 1 is 0.970 bits per heavy atom. The van der Waals surface area contributed by atoms with E-state index in [1.54, 1.807) is 18.2 Å². The molecule has 0 spiro atoms. The first-order valence-electron chi connectivity index (χ1n) is 10.2. The Kier molecular flexibility index (Phi) is 7.54. The van der Waals surface area contributed by atoms with Crippen LogP contribution in [0.15, 0.2) is 78.0 Å². The van der Waals surface area contributed by atoms with Crippen LogP contribution in [0, 0.1) is 0 Å². The summed E-state index contributed by atoms with van der Waals surface area (Å²) in [6.45, 7) is 2.53. The first-order chi connectivity index (χ1) is 16.1. The molecule has 4 aromatic rings. The highest BCUT2D eigenvalue weighted by atomic mass is 35.5. The molecule has 0 aliphatic carbocycles. The quantitative estimate of drug-likeness (QED) is 0.285. The molecule has 168 valence electrons. The highest BCUT2D eigenvalue weighted by molar-refractivity contribution is 7.99. The third kappa shape index (κ3) is 5.50. The molecule has 0 radical (unpaired) electrons. The highest BCUT2D eigenvalue weighted by Gasteiger charge is 2.18. The Morgan fingerprint density at radius 3 is 2.33 bits per heavy atom. The number of thioether (sulfide) groups is 1. The van der Waals surface area contributed by atoms with E-state index in [4.69, 9.17) is 27.9 Å². The van der Waals surface area contributed by atoms with Gasteiger partial charge in [0.2, 0.25) is 5.91 Å². The number of hydrogen-bond acceptors (Lipinski definition) is 5. The van der Waals surface area contributed by atoms with Crippen molar-refractivity contribution in [3.8, 4) is 22.8 Å². The molecule has 1 heterocycles. The molecule has 1 aromatic heterocycles. The molecule has 0 saturated carbocycles. The van der Waals surface area contributed by atoms with Crippen LogP contribution < -0.4 is 10.1 Å². The third-order valence-corrected chi connectivity index (χ3v) is 6.19. The highest BCUT2D eigenvalue weighted by Crippen LogP contribution is 2.31. The number of rotatable bonds is 8. The van der Waals surface area contributed by atoms with E-state index in [2.05, 4.69) is 15.5 Å². The van der Waals surface area contributed by atoms with Crippen molar-refractivity contribution >= 4 is 46.6 Å². The van der Waals surface area contributed by atoms with E-state index < -0.39 is 0 Å². The van der Waals surface area contributed by atoms with Crippen LogP contribution in [-0.4, -0.2) is 33.0 Å². The lowest BCUT2D eigenvalue weighted by molar-refractivity contribution is -0.113. The van der Waals surface area contributed by atoms with Crippen LogP contribution in [0.5, 0.6) is 5.75 Å². The Hall–Kier alpha value is -3.00. The van der Waals surface area contributed by atoms with Gasteiger partial charge in [-0.25, -0.2) is 0 Å². The maximum Gasteiger partial charge on any atom is 0.234 e. The van der Waals surface area contributed by atoms with Gasteiger partial charge in [0.1, 0.15) is 5.75 Å². The van der Waals surface area contributed by atoms with Gasteiger partial charge in [0.25, 0.3) is 0 Å². The molecule has 0 aliphatic heterocycles. The van der Waals surface area contributed by atoms with E-state index in [1.165, 1.54) is 11.8 Å². The van der Waals surface area contributed by atoms with Crippen molar-refractivity contribution in [1.29, 1.82) is 0 Å². The number of halogens is 2. The van der Waals surface area contributed by atoms with Crippen LogP contribution in [-0.2, 0) is 4.79 Å². The van der Waals surface area contributed by atoms with Gasteiger partial charge >= 0.3 is 0 Å². The summed E-state index contributed by atoms with van der Waals surface area (Å²) < 4.78 is 7.48. The fourth-order valence-corrected chi connectivity index (χ4v) is 4.40. The smallest absolute Gasteiger partial charge is 0.234 e. The van der Waals surface area contributed by atoms with Gasteiger partial charge in [-0.3, -0.25) is 9.36 Å². The monoisotopic (exact) mass is 498 g/mol. The number of para-hydroxylation sites is 1. The molecular weight excluding hydrogens is 479 g/mol. The Morgan fingerprint density at radius 2 is 1.67 bits per heavy atom. The van der Waals surface area contributed by atoms with Gasteiger partial charge in [-0.15, -0.1) is 10.2 Å². The number of aromatic nitrogens is 3. The topological polar surface area (TPSA) is 69.0 Å². The van der Waals surface area contributed by atoms with Crippen LogP contribution >= 0.6 is 35.0 Å². The second-order valence-corrected chi connectivity index (χ2v) is 8.62. The van der Waals surface area contributed by atoms with Gasteiger partial charge in [0, 0.05) is 11.3 Å². The molecule has 1 amide bonds. The van der Waals surface area contributed by atoms with Gasteiger partial charge in [-0.05, 0) is 43.3 Å². The van der Waals surface area contributed by atoms with E-state index in [0.29, 0.717) is 33.3 Å². The Labute approximate surface area is 205 Å². The first-order valence-corrected chi connectivity index (χ1v) is 11.9. The maximum atomic E-state index is 12.6. The number of carbonyl (C=O) groups is 1. The van der Waals surface area contributed by atoms with Crippen molar-refractivity contribution in [1.82, 2.24) is 14.8 Å². The maximum absolute atomic E-state index is 12.6. The van der Waals surface area contributed by atoms with Gasteiger partial charge in [0.15, 0.2) is 11.0 Å². The third-order valence-electron chi connectivity index (χ3n) is 4.63. The standard InChI is InChI=1S/C24H20Cl2N4O2S/c1-2-32-18-13-11-17(12-14-18)30-23(16-7-4-3-5-8-16)28-29-24(30)33-15-21(31)27-22-19(25)9-6-10-20(22)26/h3-14H,2,15H2,1H3,(H,27,31). The largest absolute Gasteiger partial charge is 0.494 e. The summed E-state index contributed by atoms with van der Waals surface area (Å²) in [5, 5.41) is 12.9. The molecule has 4 rings (SSSR count). The van der Waals surface area contributed by atoms with Crippen molar-refractivity contribution in [2.75, 3.05) is 17.7 Å². The zero-order chi connectivity index (χ0) is 23.2. The lowest BCUT2D eigenvalue weighted by atomic mass is 10.2. The summed E-state index contributed by atoms with van der Waals surface area (Å²) in [5.41, 5.74) is 2.17. The molecule has 3 aromatic carbocycles. The van der Waals surface area contributed by atoms with Crippen LogP contribution in [0.25, 0.3) is 17.1 Å². The molecule has 6 nitrogen and oxygen atoms in total. The van der Waals surface area contributed by atoms with Crippen molar-refractivity contribution in [2.45, 2.75) is 12.1 Å². The SMILES string of the molecule is CCOc1ccc(-n2c(SCC(=O)Nc3c(Cl)cccc3Cl)nnc2-c2ccccc2)cc1. The van der Waals surface area contributed by atoms with Crippen LogP contribution in [0.1, 0.15) is 6.92 Å². The van der Waals surface area contributed by atoms with Gasteiger partial charge in [0.05, 0.1) is 28.1 Å². The van der Waals surface area contributed by atoms with Crippen LogP contribution in [0.2, 0.25) is 10.0 Å². The van der Waals surface area contributed by atoms with Gasteiger partial charge < -0.3 is 10.1 Å². The zero-order valence-corrected chi connectivity index (χ0v) is 20.0. The fraction of sp³-hybridized carbons (Fsp3) is 0.125. The van der Waals surface area contributed by atoms with Crippen molar-refractivity contribution < 1.29 is 9.53 Å². The predicted octanol–water partition coefficient (Wildman–Crippen LogP) is 6.37. The summed E-state index contributed by atoms with van der Waals surface area (Å²) in [6.07, 6.45) is 0. The summed E-state index contributed by atoms with van der Waals surface area (Å²) >= 11 is 13.6. The number of nitrogens with one attached hydrogen (secondary N) is 1. The molecule has 0 aliphatic rings. The summed E-state index contributed by atoms with van der Waals surface area (Å²) in [5.74, 6) is 1.31. The molecular formula is C24H20Cl2N4O2S. The number of ether oxygens (including phenoxy) is 1. The number of benzene rings is 3. The second kappa shape index (κ2) is 10.7. The minimum Gasteiger partial charge on any atom is -0.494 e. The van der Waals surface area contributed by atoms with Crippen LogP contribution in [0.3, 0.4) is 0 Å². The van der Waals surface area contributed by atoms with Crippen LogP contribution in [0.4, 0.5) is 5.69 Å². The molecule has 33 heavy (non-hydrogen) atoms. The van der Waals surface area contributed by atoms with E-state index in [1.807, 2.05) is 66.1 Å². The molecule has 0 bridgehead atoms. The first kappa shape index (κ1) is 23.2. The van der Waals surface area contributed by atoms with Crippen molar-refractivity contribution in [3.05, 3.63) is 82.8 Å². The zero-order valence-electron chi connectivity index (χ0n) is 17.7. The molecule has 0 saturated heterocycles. The second-order valence-electron chi connectivity index (χ2n) is 6.87. The Balaban J connectivity index is 1.60. The minimum atomic E-state index is -0.252. The number of anilines is 1.